The van der Waals surface area contributed by atoms with Crippen molar-refractivity contribution >= 4 is 56.4 Å². The van der Waals surface area contributed by atoms with Crippen LogP contribution in [0.4, 0.5) is 5.69 Å². The number of nitrogens with one attached hydrogen (secondary N) is 1. The normalized spacial score (nSPS) is 14.6. The van der Waals surface area contributed by atoms with Crippen molar-refractivity contribution in [3.63, 3.8) is 0 Å². The zero-order valence-electron chi connectivity index (χ0n) is 15.0. The molecule has 1 aliphatic rings. The van der Waals surface area contributed by atoms with Gasteiger partial charge in [0.05, 0.1) is 14.3 Å². The molecule has 0 bridgehead atoms. The van der Waals surface area contributed by atoms with Crippen LogP contribution in [0.15, 0.2) is 56.8 Å². The Labute approximate surface area is 178 Å². The van der Waals surface area contributed by atoms with Gasteiger partial charge >= 0.3 is 0 Å². The number of rotatable bonds is 5. The van der Waals surface area contributed by atoms with Crippen LogP contribution in [0.25, 0.3) is 6.08 Å². The highest BCUT2D eigenvalue weighted by Gasteiger charge is 2.22. The lowest BCUT2D eigenvalue weighted by Crippen LogP contribution is -2.23. The lowest BCUT2D eigenvalue weighted by Gasteiger charge is -2.09. The van der Waals surface area contributed by atoms with Crippen LogP contribution in [0.1, 0.15) is 18.1 Å². The number of nitro groups is 1. The number of carbonyl (C=O) groups excluding carboxylic acids is 2. The molecule has 8 nitrogen and oxygen atoms in total. The van der Waals surface area contributed by atoms with E-state index in [0.717, 1.165) is 22.9 Å². The number of nitrogens with zero attached hydrogens (tertiary/aromatic N) is 2. The molecule has 0 fully saturated rings. The Bertz CT molecular complexity index is 1050. The van der Waals surface area contributed by atoms with Crippen molar-refractivity contribution in [3.05, 3.63) is 73.1 Å². The Morgan fingerprint density at radius 1 is 1.31 bits per heavy atom. The lowest BCUT2D eigenvalue weighted by atomic mass is 10.2. The molecular formula is C19H14BrN3O5S. The molecule has 0 aromatic heterocycles. The van der Waals surface area contributed by atoms with E-state index in [0.29, 0.717) is 15.1 Å². The van der Waals surface area contributed by atoms with Gasteiger partial charge in [0.1, 0.15) is 12.4 Å². The van der Waals surface area contributed by atoms with Gasteiger partial charge in [0.15, 0.2) is 5.17 Å². The van der Waals surface area contributed by atoms with Gasteiger partial charge in [-0.2, -0.15) is 4.99 Å². The predicted molar refractivity (Wildman–Crippen MR) is 113 cm³/mol. The van der Waals surface area contributed by atoms with Crippen molar-refractivity contribution < 1.29 is 19.2 Å². The predicted octanol–water partition coefficient (Wildman–Crippen LogP) is 4.04. The van der Waals surface area contributed by atoms with Crippen molar-refractivity contribution in [1.29, 1.82) is 0 Å². The molecule has 10 heteroatoms. The number of hydrogen-bond donors (Lipinski definition) is 1. The SMILES string of the molecule is CC(=O)NC1=NC(=O)/C(=C/c2ccc(OCc3ccc([N+](=O)[O-])cc3)c(Br)c2)S1. The Balaban J connectivity index is 1.65. The number of non-ortho nitro benzene ring substituents is 1. The maximum absolute atomic E-state index is 11.9. The summed E-state index contributed by atoms with van der Waals surface area (Å²) in [6.45, 7) is 1.60. The molecular weight excluding hydrogens is 462 g/mol. The maximum atomic E-state index is 11.9. The fourth-order valence-electron chi connectivity index (χ4n) is 2.36. The van der Waals surface area contributed by atoms with E-state index in [1.807, 2.05) is 0 Å². The summed E-state index contributed by atoms with van der Waals surface area (Å²) >= 11 is 4.54. The van der Waals surface area contributed by atoms with Crippen LogP contribution in [-0.2, 0) is 16.2 Å². The number of thioether (sulfide) groups is 1. The van der Waals surface area contributed by atoms with Gasteiger partial charge in [0.25, 0.3) is 11.6 Å². The largest absolute Gasteiger partial charge is 0.488 e. The van der Waals surface area contributed by atoms with Crippen LogP contribution in [-0.4, -0.2) is 21.9 Å². The third-order valence-corrected chi connectivity index (χ3v) is 5.22. The average molecular weight is 476 g/mol. The summed E-state index contributed by atoms with van der Waals surface area (Å²) < 4.78 is 6.44. The number of halogens is 1. The monoisotopic (exact) mass is 475 g/mol. The van der Waals surface area contributed by atoms with Crippen LogP contribution < -0.4 is 10.1 Å². The first-order valence-electron chi connectivity index (χ1n) is 8.27. The Kier molecular flexibility index (Phi) is 6.45. The third kappa shape index (κ3) is 5.52. The van der Waals surface area contributed by atoms with Gasteiger partial charge in [-0.15, -0.1) is 0 Å². The highest BCUT2D eigenvalue weighted by Crippen LogP contribution is 2.31. The van der Waals surface area contributed by atoms with Gasteiger partial charge in [0.2, 0.25) is 5.91 Å². The first kappa shape index (κ1) is 20.7. The van der Waals surface area contributed by atoms with E-state index in [9.17, 15) is 19.7 Å². The van der Waals surface area contributed by atoms with Crippen molar-refractivity contribution in [2.24, 2.45) is 4.99 Å². The molecule has 0 saturated carbocycles. The summed E-state index contributed by atoms with van der Waals surface area (Å²) in [5.41, 5.74) is 1.58. The van der Waals surface area contributed by atoms with Crippen LogP contribution in [0, 0.1) is 10.1 Å². The van der Waals surface area contributed by atoms with Crippen molar-refractivity contribution in [2.45, 2.75) is 13.5 Å². The fraction of sp³-hybridized carbons (Fsp3) is 0.105. The molecule has 0 unspecified atom stereocenters. The van der Waals surface area contributed by atoms with E-state index >= 15 is 0 Å². The zero-order chi connectivity index (χ0) is 21.0. The number of aliphatic imine (C=N–C) groups is 1. The number of ether oxygens (including phenoxy) is 1. The number of carbonyl (C=O) groups is 2. The molecule has 1 aliphatic heterocycles. The highest BCUT2D eigenvalue weighted by molar-refractivity contribution is 9.10. The molecule has 2 aromatic rings. The van der Waals surface area contributed by atoms with Gasteiger partial charge < -0.3 is 10.1 Å². The first-order valence-corrected chi connectivity index (χ1v) is 9.88. The second-order valence-corrected chi connectivity index (χ2v) is 7.80. The van der Waals surface area contributed by atoms with Gasteiger partial charge in [-0.05, 0) is 69.2 Å². The fourth-order valence-corrected chi connectivity index (χ4v) is 3.73. The zero-order valence-corrected chi connectivity index (χ0v) is 17.5. The van der Waals surface area contributed by atoms with Crippen LogP contribution in [0.2, 0.25) is 0 Å². The van der Waals surface area contributed by atoms with E-state index in [2.05, 4.69) is 26.2 Å². The van der Waals surface area contributed by atoms with Crippen molar-refractivity contribution in [2.75, 3.05) is 0 Å². The van der Waals surface area contributed by atoms with Crippen molar-refractivity contribution in [3.8, 4) is 5.75 Å². The minimum absolute atomic E-state index is 0.0253. The summed E-state index contributed by atoms with van der Waals surface area (Å²) in [6, 6.07) is 11.5. The van der Waals surface area contributed by atoms with Crippen LogP contribution in [0.3, 0.4) is 0 Å². The van der Waals surface area contributed by atoms with Gasteiger partial charge in [0, 0.05) is 19.1 Å². The molecule has 148 valence electrons. The molecule has 0 atom stereocenters. The van der Waals surface area contributed by atoms with Crippen LogP contribution in [0.5, 0.6) is 5.75 Å². The third-order valence-electron chi connectivity index (χ3n) is 3.70. The van der Waals surface area contributed by atoms with E-state index in [1.54, 1.807) is 36.4 Å². The molecule has 0 saturated heterocycles. The van der Waals surface area contributed by atoms with Gasteiger partial charge in [-0.1, -0.05) is 6.07 Å². The number of nitro benzene ring substituents is 1. The molecule has 3 rings (SSSR count). The molecule has 0 radical (unpaired) electrons. The quantitative estimate of drug-likeness (QED) is 0.396. The molecule has 1 heterocycles. The summed E-state index contributed by atoms with van der Waals surface area (Å²) in [7, 11) is 0. The Morgan fingerprint density at radius 2 is 2.03 bits per heavy atom. The highest BCUT2D eigenvalue weighted by atomic mass is 79.9. The minimum Gasteiger partial charge on any atom is -0.488 e. The molecule has 0 spiro atoms. The average Bonchev–Trinajstić information content (AvgIpc) is 2.99. The number of amides is 2. The number of hydrogen-bond acceptors (Lipinski definition) is 6. The Hall–Kier alpha value is -2.98. The number of amidine groups is 1. The summed E-state index contributed by atoms with van der Waals surface area (Å²) in [5.74, 6) is -0.109. The molecule has 0 aliphatic carbocycles. The second-order valence-electron chi connectivity index (χ2n) is 5.92. The number of benzene rings is 2. The van der Waals surface area contributed by atoms with Crippen molar-refractivity contribution in [1.82, 2.24) is 5.32 Å². The maximum Gasteiger partial charge on any atom is 0.286 e. The first-order chi connectivity index (χ1) is 13.8. The van der Waals surface area contributed by atoms with Crippen LogP contribution >= 0.6 is 27.7 Å². The molecule has 29 heavy (non-hydrogen) atoms. The van der Waals surface area contributed by atoms with E-state index in [1.165, 1.54) is 19.1 Å². The second kappa shape index (κ2) is 9.01. The Morgan fingerprint density at radius 3 is 2.66 bits per heavy atom. The molecule has 1 N–H and O–H groups in total. The summed E-state index contributed by atoms with van der Waals surface area (Å²) in [6.07, 6.45) is 1.68. The lowest BCUT2D eigenvalue weighted by molar-refractivity contribution is -0.384. The summed E-state index contributed by atoms with van der Waals surface area (Å²) in [4.78, 5) is 37.5. The molecule has 2 aromatic carbocycles. The van der Waals surface area contributed by atoms with E-state index in [-0.39, 0.29) is 23.4 Å². The minimum atomic E-state index is -0.452. The summed E-state index contributed by atoms with van der Waals surface area (Å²) in [5, 5.41) is 13.4. The van der Waals surface area contributed by atoms with Gasteiger partial charge in [-0.25, -0.2) is 0 Å². The van der Waals surface area contributed by atoms with E-state index in [4.69, 9.17) is 4.74 Å². The molecule has 2 amide bonds. The van der Waals surface area contributed by atoms with Gasteiger partial charge in [-0.3, -0.25) is 19.7 Å². The standard InChI is InChI=1S/C19H14BrN3O5S/c1-11(24)21-19-22-18(25)17(29-19)9-13-4-7-16(15(20)8-13)28-10-12-2-5-14(6-3-12)23(26)27/h2-9H,10H2,1H3,(H,21,22,24,25)/b17-9-. The topological polar surface area (TPSA) is 111 Å². The van der Waals surface area contributed by atoms with E-state index < -0.39 is 10.8 Å². The smallest absolute Gasteiger partial charge is 0.286 e.